The van der Waals surface area contributed by atoms with Crippen LogP contribution < -0.4 is 11.1 Å². The van der Waals surface area contributed by atoms with Crippen LogP contribution in [0.5, 0.6) is 0 Å². The van der Waals surface area contributed by atoms with Crippen molar-refractivity contribution in [2.75, 3.05) is 5.32 Å². The molecule has 0 saturated heterocycles. The standard InChI is InChI=1S/C22H24N2O3S/c23-20(26)19-17-11-10-16(25)12-18(17)28-22(19)24-21(27)15-8-6-14(7-9-15)13-4-2-1-3-5-13/h6-9,13H,1-5,10-12H2,(H2,23,26)(H,24,27). The van der Waals surface area contributed by atoms with Gasteiger partial charge in [-0.25, -0.2) is 0 Å². The lowest BCUT2D eigenvalue weighted by Crippen LogP contribution is -2.19. The van der Waals surface area contributed by atoms with Crippen molar-refractivity contribution in [2.45, 2.75) is 57.3 Å². The first-order chi connectivity index (χ1) is 13.5. The minimum atomic E-state index is -0.560. The number of nitrogens with two attached hydrogens (primary N) is 1. The highest BCUT2D eigenvalue weighted by molar-refractivity contribution is 7.17. The molecule has 4 rings (SSSR count). The number of Topliss-reactive ketones (excluding diaryl/α,β-unsaturated/α-hetero) is 1. The minimum absolute atomic E-state index is 0.154. The van der Waals surface area contributed by atoms with Gasteiger partial charge in [-0.05, 0) is 48.4 Å². The van der Waals surface area contributed by atoms with E-state index in [-0.39, 0.29) is 11.7 Å². The number of ketones is 1. The summed E-state index contributed by atoms with van der Waals surface area (Å²) in [4.78, 5) is 37.3. The smallest absolute Gasteiger partial charge is 0.256 e. The Balaban J connectivity index is 1.53. The number of anilines is 1. The van der Waals surface area contributed by atoms with Gasteiger partial charge in [0, 0.05) is 23.3 Å². The molecule has 2 aliphatic rings. The fourth-order valence-corrected chi connectivity index (χ4v) is 5.59. The molecule has 2 aliphatic carbocycles. The average Bonchev–Trinajstić information content (AvgIpc) is 3.05. The predicted octanol–water partition coefficient (Wildman–Crippen LogP) is 4.20. The molecular formula is C22H24N2O3S. The van der Waals surface area contributed by atoms with Gasteiger partial charge in [-0.2, -0.15) is 0 Å². The maximum atomic E-state index is 12.7. The summed E-state index contributed by atoms with van der Waals surface area (Å²) in [5.41, 5.74) is 8.59. The van der Waals surface area contributed by atoms with Crippen LogP contribution in [-0.4, -0.2) is 17.6 Å². The maximum absolute atomic E-state index is 12.7. The van der Waals surface area contributed by atoms with E-state index in [0.717, 1.165) is 10.4 Å². The number of carbonyl (C=O) groups is 3. The van der Waals surface area contributed by atoms with Gasteiger partial charge in [0.2, 0.25) is 0 Å². The molecule has 5 nitrogen and oxygen atoms in total. The number of amides is 2. The average molecular weight is 397 g/mol. The summed E-state index contributed by atoms with van der Waals surface area (Å²) in [7, 11) is 0. The molecule has 0 aliphatic heterocycles. The maximum Gasteiger partial charge on any atom is 0.256 e. The monoisotopic (exact) mass is 396 g/mol. The van der Waals surface area contributed by atoms with Crippen molar-refractivity contribution in [3.63, 3.8) is 0 Å². The van der Waals surface area contributed by atoms with Crippen LogP contribution in [0.1, 0.15) is 81.2 Å². The first kappa shape index (κ1) is 18.9. The molecular weight excluding hydrogens is 372 g/mol. The summed E-state index contributed by atoms with van der Waals surface area (Å²) in [6.07, 6.45) is 7.53. The Morgan fingerprint density at radius 1 is 1.04 bits per heavy atom. The number of hydrogen-bond acceptors (Lipinski definition) is 4. The zero-order valence-corrected chi connectivity index (χ0v) is 16.6. The van der Waals surface area contributed by atoms with Gasteiger partial charge in [-0.3, -0.25) is 14.4 Å². The van der Waals surface area contributed by atoms with Gasteiger partial charge >= 0.3 is 0 Å². The summed E-state index contributed by atoms with van der Waals surface area (Å²) < 4.78 is 0. The lowest BCUT2D eigenvalue weighted by Gasteiger charge is -2.22. The highest BCUT2D eigenvalue weighted by atomic mass is 32.1. The molecule has 0 radical (unpaired) electrons. The van der Waals surface area contributed by atoms with Gasteiger partial charge in [0.05, 0.1) is 5.56 Å². The number of thiophene rings is 1. The quantitative estimate of drug-likeness (QED) is 0.811. The van der Waals surface area contributed by atoms with E-state index < -0.39 is 5.91 Å². The van der Waals surface area contributed by atoms with Crippen LogP contribution in [0.2, 0.25) is 0 Å². The first-order valence-corrected chi connectivity index (χ1v) is 10.7. The van der Waals surface area contributed by atoms with Crippen molar-refractivity contribution in [1.29, 1.82) is 0 Å². The Labute approximate surface area is 168 Å². The summed E-state index contributed by atoms with van der Waals surface area (Å²) in [6, 6.07) is 7.77. The van der Waals surface area contributed by atoms with Crippen molar-refractivity contribution >= 4 is 33.9 Å². The molecule has 1 aromatic heterocycles. The van der Waals surface area contributed by atoms with Crippen LogP contribution in [0, 0.1) is 0 Å². The second-order valence-corrected chi connectivity index (χ2v) is 8.80. The molecule has 6 heteroatoms. The van der Waals surface area contributed by atoms with Gasteiger partial charge in [-0.15, -0.1) is 11.3 Å². The Kier molecular flexibility index (Phi) is 5.31. The molecule has 1 saturated carbocycles. The Morgan fingerprint density at radius 3 is 2.43 bits per heavy atom. The summed E-state index contributed by atoms with van der Waals surface area (Å²) in [5.74, 6) is -0.0766. The van der Waals surface area contributed by atoms with Gasteiger partial charge in [-0.1, -0.05) is 31.4 Å². The molecule has 28 heavy (non-hydrogen) atoms. The Bertz CT molecular complexity index is 924. The SMILES string of the molecule is NC(=O)c1c(NC(=O)c2ccc(C3CCCCC3)cc2)sc2c1CCC(=O)C2. The van der Waals surface area contributed by atoms with E-state index in [2.05, 4.69) is 5.32 Å². The van der Waals surface area contributed by atoms with E-state index >= 15 is 0 Å². The normalized spacial score (nSPS) is 17.2. The number of primary amides is 1. The van der Waals surface area contributed by atoms with E-state index in [4.69, 9.17) is 5.73 Å². The summed E-state index contributed by atoms with van der Waals surface area (Å²) >= 11 is 1.29. The van der Waals surface area contributed by atoms with Crippen molar-refractivity contribution in [3.8, 4) is 0 Å². The fraction of sp³-hybridized carbons (Fsp3) is 0.409. The van der Waals surface area contributed by atoms with Crippen molar-refractivity contribution in [3.05, 3.63) is 51.4 Å². The van der Waals surface area contributed by atoms with Crippen LogP contribution >= 0.6 is 11.3 Å². The lowest BCUT2D eigenvalue weighted by molar-refractivity contribution is -0.118. The molecule has 1 aromatic carbocycles. The molecule has 1 heterocycles. The third-order valence-corrected chi connectivity index (χ3v) is 6.97. The second kappa shape index (κ2) is 7.87. The number of fused-ring (bicyclic) bond motifs is 1. The molecule has 0 spiro atoms. The summed E-state index contributed by atoms with van der Waals surface area (Å²) in [5, 5.41) is 3.30. The van der Waals surface area contributed by atoms with Gasteiger partial charge < -0.3 is 11.1 Å². The highest BCUT2D eigenvalue weighted by Crippen LogP contribution is 2.37. The van der Waals surface area contributed by atoms with Crippen molar-refractivity contribution in [2.24, 2.45) is 5.73 Å². The highest BCUT2D eigenvalue weighted by Gasteiger charge is 2.28. The predicted molar refractivity (Wildman–Crippen MR) is 110 cm³/mol. The van der Waals surface area contributed by atoms with Gasteiger partial charge in [0.25, 0.3) is 11.8 Å². The first-order valence-electron chi connectivity index (χ1n) is 9.90. The zero-order valence-electron chi connectivity index (χ0n) is 15.8. The third kappa shape index (κ3) is 3.74. The molecule has 2 aromatic rings. The number of rotatable bonds is 4. The number of hydrogen-bond donors (Lipinski definition) is 2. The molecule has 146 valence electrons. The summed E-state index contributed by atoms with van der Waals surface area (Å²) in [6.45, 7) is 0. The van der Waals surface area contributed by atoms with Crippen LogP contribution in [0.3, 0.4) is 0 Å². The Hall–Kier alpha value is -2.47. The number of carbonyl (C=O) groups excluding carboxylic acids is 3. The molecule has 2 amide bonds. The van der Waals surface area contributed by atoms with Crippen LogP contribution in [0.15, 0.2) is 24.3 Å². The third-order valence-electron chi connectivity index (χ3n) is 5.83. The Morgan fingerprint density at radius 2 is 1.75 bits per heavy atom. The second-order valence-electron chi connectivity index (χ2n) is 7.70. The molecule has 0 unspecified atom stereocenters. The number of benzene rings is 1. The molecule has 3 N–H and O–H groups in total. The molecule has 1 fully saturated rings. The molecule has 0 bridgehead atoms. The largest absolute Gasteiger partial charge is 0.365 e. The van der Waals surface area contributed by atoms with Gasteiger partial charge in [0.1, 0.15) is 10.8 Å². The van der Waals surface area contributed by atoms with Crippen LogP contribution in [0.4, 0.5) is 5.00 Å². The van der Waals surface area contributed by atoms with Gasteiger partial charge in [0.15, 0.2) is 0 Å². The van der Waals surface area contributed by atoms with Crippen LogP contribution in [0.25, 0.3) is 0 Å². The van der Waals surface area contributed by atoms with E-state index in [1.54, 1.807) is 0 Å². The molecule has 0 atom stereocenters. The zero-order chi connectivity index (χ0) is 19.7. The number of nitrogens with one attached hydrogen (secondary N) is 1. The van der Waals surface area contributed by atoms with Crippen molar-refractivity contribution < 1.29 is 14.4 Å². The minimum Gasteiger partial charge on any atom is -0.365 e. The van der Waals surface area contributed by atoms with E-state index in [1.807, 2.05) is 24.3 Å². The van der Waals surface area contributed by atoms with E-state index in [1.165, 1.54) is 49.0 Å². The van der Waals surface area contributed by atoms with E-state index in [9.17, 15) is 14.4 Å². The fourth-order valence-electron chi connectivity index (χ4n) is 4.32. The van der Waals surface area contributed by atoms with Crippen LogP contribution in [-0.2, 0) is 17.6 Å². The van der Waals surface area contributed by atoms with Crippen molar-refractivity contribution in [1.82, 2.24) is 0 Å². The lowest BCUT2D eigenvalue weighted by atomic mass is 9.84. The topological polar surface area (TPSA) is 89.3 Å². The van der Waals surface area contributed by atoms with E-state index in [0.29, 0.717) is 41.3 Å².